The summed E-state index contributed by atoms with van der Waals surface area (Å²) >= 11 is 6.19. The molecule has 5 nitrogen and oxygen atoms in total. The molecule has 4 rings (SSSR count). The van der Waals surface area contributed by atoms with Gasteiger partial charge < -0.3 is 10.1 Å². The highest BCUT2D eigenvalue weighted by atomic mass is 35.5. The van der Waals surface area contributed by atoms with Crippen molar-refractivity contribution in [1.82, 2.24) is 14.9 Å². The van der Waals surface area contributed by atoms with Crippen molar-refractivity contribution < 1.29 is 5.11 Å². The minimum Gasteiger partial charge on any atom is -0.508 e. The van der Waals surface area contributed by atoms with Crippen molar-refractivity contribution in [2.75, 3.05) is 6.54 Å². The number of fused-ring (bicyclic) bond motifs is 1. The molecule has 2 heterocycles. The zero-order valence-electron chi connectivity index (χ0n) is 12.7. The summed E-state index contributed by atoms with van der Waals surface area (Å²) in [5, 5.41) is 10.0. The zero-order valence-corrected chi connectivity index (χ0v) is 13.4. The van der Waals surface area contributed by atoms with E-state index >= 15 is 0 Å². The standard InChI is InChI=1S/C17H18ClN3O2/c18-14-7-12(22)4-3-11(14)8-21-6-5-13-15(9-21)19-16(10-1-2-10)20-17(13)23/h3-4,7,10,22H,1-2,5-6,8-9H2,(H,19,20,23). The molecule has 0 saturated heterocycles. The van der Waals surface area contributed by atoms with Gasteiger partial charge in [0.1, 0.15) is 11.6 Å². The topological polar surface area (TPSA) is 69.2 Å². The predicted octanol–water partition coefficient (Wildman–Crippen LogP) is 2.56. The molecule has 1 saturated carbocycles. The molecule has 2 aromatic rings. The number of halogens is 1. The Hall–Kier alpha value is -1.85. The second kappa shape index (κ2) is 5.65. The maximum absolute atomic E-state index is 12.2. The minimum absolute atomic E-state index is 0.0271. The Morgan fingerprint density at radius 3 is 2.96 bits per heavy atom. The van der Waals surface area contributed by atoms with Crippen LogP contribution in [0.15, 0.2) is 23.0 Å². The summed E-state index contributed by atoms with van der Waals surface area (Å²) in [6, 6.07) is 5.05. The van der Waals surface area contributed by atoms with Gasteiger partial charge in [-0.1, -0.05) is 17.7 Å². The van der Waals surface area contributed by atoms with Gasteiger partial charge in [0.2, 0.25) is 0 Å². The Bertz CT molecular complexity index is 814. The molecular weight excluding hydrogens is 314 g/mol. The lowest BCUT2D eigenvalue weighted by Gasteiger charge is -2.28. The number of hydrogen-bond acceptors (Lipinski definition) is 4. The van der Waals surface area contributed by atoms with E-state index in [1.165, 1.54) is 0 Å². The van der Waals surface area contributed by atoms with Crippen LogP contribution >= 0.6 is 11.6 Å². The first-order valence-electron chi connectivity index (χ1n) is 7.92. The monoisotopic (exact) mass is 331 g/mol. The first-order chi connectivity index (χ1) is 11.1. The quantitative estimate of drug-likeness (QED) is 0.907. The number of phenols is 1. The average molecular weight is 332 g/mol. The molecule has 0 bridgehead atoms. The van der Waals surface area contributed by atoms with Crippen LogP contribution in [-0.2, 0) is 19.5 Å². The van der Waals surface area contributed by atoms with Gasteiger partial charge in [-0.2, -0.15) is 0 Å². The molecule has 2 aliphatic rings. The highest BCUT2D eigenvalue weighted by molar-refractivity contribution is 6.31. The summed E-state index contributed by atoms with van der Waals surface area (Å²) in [6.07, 6.45) is 2.95. The van der Waals surface area contributed by atoms with Crippen LogP contribution in [0.3, 0.4) is 0 Å². The van der Waals surface area contributed by atoms with Gasteiger partial charge in [-0.25, -0.2) is 4.98 Å². The number of rotatable bonds is 3. The number of hydrogen-bond donors (Lipinski definition) is 2. The van der Waals surface area contributed by atoms with Crippen LogP contribution in [0.1, 0.15) is 41.4 Å². The summed E-state index contributed by atoms with van der Waals surface area (Å²) in [7, 11) is 0. The van der Waals surface area contributed by atoms with Crippen LogP contribution in [0.25, 0.3) is 0 Å². The molecular formula is C17H18ClN3O2. The Kier molecular flexibility index (Phi) is 3.62. The number of benzene rings is 1. The van der Waals surface area contributed by atoms with Crippen LogP contribution < -0.4 is 5.56 Å². The van der Waals surface area contributed by atoms with Gasteiger partial charge >= 0.3 is 0 Å². The van der Waals surface area contributed by atoms with E-state index in [1.807, 2.05) is 6.07 Å². The number of aromatic amines is 1. The normalized spacial score (nSPS) is 18.0. The Morgan fingerprint density at radius 1 is 1.39 bits per heavy atom. The molecule has 0 radical (unpaired) electrons. The number of nitrogens with one attached hydrogen (secondary N) is 1. The first-order valence-corrected chi connectivity index (χ1v) is 8.29. The highest BCUT2D eigenvalue weighted by Crippen LogP contribution is 2.38. The van der Waals surface area contributed by atoms with E-state index < -0.39 is 0 Å². The van der Waals surface area contributed by atoms with Crippen molar-refractivity contribution in [2.24, 2.45) is 0 Å². The third kappa shape index (κ3) is 2.99. The molecule has 6 heteroatoms. The van der Waals surface area contributed by atoms with Gasteiger partial charge in [-0.3, -0.25) is 9.69 Å². The van der Waals surface area contributed by atoms with Gasteiger partial charge in [0.15, 0.2) is 0 Å². The fourth-order valence-electron chi connectivity index (χ4n) is 3.10. The smallest absolute Gasteiger partial charge is 0.254 e. The van der Waals surface area contributed by atoms with Crippen molar-refractivity contribution in [3.8, 4) is 5.75 Å². The van der Waals surface area contributed by atoms with E-state index in [1.54, 1.807) is 12.1 Å². The van der Waals surface area contributed by atoms with Crippen molar-refractivity contribution in [2.45, 2.75) is 38.3 Å². The second-order valence-electron chi connectivity index (χ2n) is 6.39. The average Bonchev–Trinajstić information content (AvgIpc) is 3.34. The van der Waals surface area contributed by atoms with Gasteiger partial charge in [0.25, 0.3) is 5.56 Å². The first kappa shape index (κ1) is 14.7. The number of nitrogens with zero attached hydrogens (tertiary/aromatic N) is 2. The molecule has 0 spiro atoms. The summed E-state index contributed by atoms with van der Waals surface area (Å²) in [5.74, 6) is 1.46. The maximum atomic E-state index is 12.2. The number of H-pyrrole nitrogens is 1. The fourth-order valence-corrected chi connectivity index (χ4v) is 3.34. The third-order valence-corrected chi connectivity index (χ3v) is 4.92. The Balaban J connectivity index is 1.57. The molecule has 1 aliphatic carbocycles. The van der Waals surface area contributed by atoms with Crippen LogP contribution in [0.2, 0.25) is 5.02 Å². The van der Waals surface area contributed by atoms with E-state index in [9.17, 15) is 9.90 Å². The molecule has 120 valence electrons. The fraction of sp³-hybridized carbons (Fsp3) is 0.412. The molecule has 23 heavy (non-hydrogen) atoms. The van der Waals surface area contributed by atoms with Crippen LogP contribution in [0.4, 0.5) is 0 Å². The SMILES string of the molecule is O=c1[nH]c(C2CC2)nc2c1CCN(Cc1ccc(O)cc1Cl)C2. The Morgan fingerprint density at radius 2 is 2.22 bits per heavy atom. The second-order valence-corrected chi connectivity index (χ2v) is 6.79. The Labute approximate surface area is 138 Å². The minimum atomic E-state index is 0.0271. The highest BCUT2D eigenvalue weighted by Gasteiger charge is 2.29. The summed E-state index contributed by atoms with van der Waals surface area (Å²) in [6.45, 7) is 2.15. The molecule has 0 atom stereocenters. The van der Waals surface area contributed by atoms with Gasteiger partial charge in [0, 0.05) is 36.1 Å². The summed E-state index contributed by atoms with van der Waals surface area (Å²) in [5.41, 5.74) is 2.72. The van der Waals surface area contributed by atoms with E-state index in [-0.39, 0.29) is 11.3 Å². The maximum Gasteiger partial charge on any atom is 0.254 e. The van der Waals surface area contributed by atoms with Crippen LogP contribution in [0, 0.1) is 0 Å². The van der Waals surface area contributed by atoms with E-state index in [4.69, 9.17) is 16.6 Å². The number of aromatic hydroxyl groups is 1. The molecule has 0 amide bonds. The molecule has 1 aliphatic heterocycles. The van der Waals surface area contributed by atoms with Crippen LogP contribution in [-0.4, -0.2) is 26.5 Å². The lowest BCUT2D eigenvalue weighted by Crippen LogP contribution is -2.35. The lowest BCUT2D eigenvalue weighted by molar-refractivity contribution is 0.240. The number of aromatic nitrogens is 2. The summed E-state index contributed by atoms with van der Waals surface area (Å²) < 4.78 is 0. The van der Waals surface area contributed by atoms with Gasteiger partial charge in [0.05, 0.1) is 5.69 Å². The van der Waals surface area contributed by atoms with E-state index in [2.05, 4.69) is 9.88 Å². The largest absolute Gasteiger partial charge is 0.508 e. The summed E-state index contributed by atoms with van der Waals surface area (Å²) in [4.78, 5) is 22.1. The van der Waals surface area contributed by atoms with Gasteiger partial charge in [-0.15, -0.1) is 0 Å². The zero-order chi connectivity index (χ0) is 16.0. The molecule has 1 aromatic heterocycles. The third-order valence-electron chi connectivity index (χ3n) is 4.57. The van der Waals surface area contributed by atoms with E-state index in [0.717, 1.165) is 42.0 Å². The van der Waals surface area contributed by atoms with Crippen molar-refractivity contribution in [3.05, 3.63) is 56.2 Å². The lowest BCUT2D eigenvalue weighted by atomic mass is 10.1. The van der Waals surface area contributed by atoms with E-state index in [0.29, 0.717) is 30.5 Å². The predicted molar refractivity (Wildman–Crippen MR) is 87.8 cm³/mol. The number of phenolic OH excluding ortho intramolecular Hbond substituents is 1. The van der Waals surface area contributed by atoms with Crippen LogP contribution in [0.5, 0.6) is 5.75 Å². The molecule has 1 aromatic carbocycles. The molecule has 1 fully saturated rings. The van der Waals surface area contributed by atoms with Crippen molar-refractivity contribution >= 4 is 11.6 Å². The van der Waals surface area contributed by atoms with Gasteiger partial charge in [-0.05, 0) is 37.0 Å². The molecule has 0 unspecified atom stereocenters. The molecule has 2 N–H and O–H groups in total. The van der Waals surface area contributed by atoms with Crippen molar-refractivity contribution in [3.63, 3.8) is 0 Å². The van der Waals surface area contributed by atoms with Crippen molar-refractivity contribution in [1.29, 1.82) is 0 Å².